The van der Waals surface area contributed by atoms with E-state index in [0.717, 1.165) is 146 Å². The van der Waals surface area contributed by atoms with E-state index in [4.69, 9.17) is 39.6 Å². The van der Waals surface area contributed by atoms with Gasteiger partial charge in [0, 0.05) is 100 Å². The lowest BCUT2D eigenvalue weighted by Gasteiger charge is -2.57. The Labute approximate surface area is 605 Å². The number of hydrogen-bond donors (Lipinski definition) is 5. The molecule has 99 heavy (non-hydrogen) atoms. The first kappa shape index (κ1) is 83.0. The van der Waals surface area contributed by atoms with Gasteiger partial charge in [0.25, 0.3) is 0 Å². The van der Waals surface area contributed by atoms with Crippen LogP contribution in [0.3, 0.4) is 0 Å². The van der Waals surface area contributed by atoms with Crippen LogP contribution in [0.4, 0.5) is 29.7 Å². The van der Waals surface area contributed by atoms with Gasteiger partial charge in [-0.15, -0.1) is 0 Å². The smallest absolute Gasteiger partial charge is 0.232 e. The van der Waals surface area contributed by atoms with Crippen LogP contribution in [-0.2, 0) is 9.68 Å². The Bertz CT molecular complexity index is 2610. The fraction of sp³-hybridized carbons (Fsp3) is 0.925. The molecule has 4 saturated heterocycles. The summed E-state index contributed by atoms with van der Waals surface area (Å²) in [6, 6.07) is 1.47. The van der Waals surface area contributed by atoms with Crippen molar-refractivity contribution in [1.82, 2.24) is 55.6 Å². The van der Waals surface area contributed by atoms with E-state index in [1.54, 1.807) is 0 Å². The molecule has 6 aliphatic rings. The predicted octanol–water partition coefficient (Wildman–Crippen LogP) is 16.8. The third-order valence-electron chi connectivity index (χ3n) is 22.1. The number of aliphatic hydroxyl groups excluding tert-OH is 1. The maximum absolute atomic E-state index is 9.85. The van der Waals surface area contributed by atoms with Crippen LogP contribution < -0.4 is 36.0 Å². The number of anilines is 5. The molecule has 19 nitrogen and oxygen atoms in total. The van der Waals surface area contributed by atoms with Crippen LogP contribution in [0.2, 0.25) is 0 Å². The van der Waals surface area contributed by atoms with E-state index in [1.165, 1.54) is 77.2 Å². The van der Waals surface area contributed by atoms with Gasteiger partial charge < -0.3 is 46.0 Å². The van der Waals surface area contributed by atoms with Crippen LogP contribution in [0.1, 0.15) is 338 Å². The summed E-state index contributed by atoms with van der Waals surface area (Å²) in [6.45, 7) is 59.8. The second-order valence-corrected chi connectivity index (χ2v) is 38.9. The topological polar surface area (TPSA) is 184 Å². The van der Waals surface area contributed by atoms with Gasteiger partial charge in [-0.2, -0.15) is 40.0 Å². The van der Waals surface area contributed by atoms with Crippen molar-refractivity contribution in [1.29, 1.82) is 0 Å². The second-order valence-electron chi connectivity index (χ2n) is 38.9. The van der Waals surface area contributed by atoms with E-state index in [-0.39, 0.29) is 74.0 Å². The zero-order valence-electron chi connectivity index (χ0n) is 68.4. The molecular formula is C80H152N16O3. The van der Waals surface area contributed by atoms with E-state index in [9.17, 15) is 5.11 Å². The van der Waals surface area contributed by atoms with Gasteiger partial charge in [0.1, 0.15) is 5.82 Å². The molecular weight excluding hydrogens is 1230 g/mol. The molecule has 19 heteroatoms. The molecule has 4 aliphatic heterocycles. The molecule has 2 saturated carbocycles. The summed E-state index contributed by atoms with van der Waals surface area (Å²) < 4.78 is 0. The molecule has 5 N–H and O–H groups in total. The fourth-order valence-electron chi connectivity index (χ4n) is 19.5. The number of piperidine rings is 4. The lowest BCUT2D eigenvalue weighted by Crippen LogP contribution is -2.65. The van der Waals surface area contributed by atoms with Crippen molar-refractivity contribution in [2.45, 2.75) is 426 Å². The van der Waals surface area contributed by atoms with E-state index in [1.807, 2.05) is 6.92 Å². The molecule has 0 amide bonds. The molecule has 6 fully saturated rings. The first-order valence-electron chi connectivity index (χ1n) is 40.1. The Morgan fingerprint density at radius 2 is 0.828 bits per heavy atom. The number of hydrogen-bond acceptors (Lipinski definition) is 19. The monoisotopic (exact) mass is 1390 g/mol. The molecule has 0 atom stereocenters. The molecule has 570 valence electrons. The number of rotatable bonds is 30. The maximum atomic E-state index is 9.85. The van der Waals surface area contributed by atoms with Gasteiger partial charge >= 0.3 is 0 Å². The number of nitrogens with one attached hydrogen (secondary N) is 4. The first-order chi connectivity index (χ1) is 45.9. The average Bonchev–Trinajstić information content (AvgIpc) is 0.753. The highest BCUT2D eigenvalue weighted by molar-refractivity contribution is 5.48. The normalized spacial score (nSPS) is 23.3. The lowest BCUT2D eigenvalue weighted by atomic mass is 9.78. The van der Waals surface area contributed by atoms with Crippen molar-refractivity contribution in [2.24, 2.45) is 5.41 Å². The zero-order valence-corrected chi connectivity index (χ0v) is 68.4. The summed E-state index contributed by atoms with van der Waals surface area (Å²) in [5.74, 6) is 4.32. The van der Waals surface area contributed by atoms with Crippen LogP contribution in [0.15, 0.2) is 0 Å². The SMILES string of the molecule is CCCCN(c1nc(NCCO)nc(N(CCCC)C2CC(C)(C)N(OC3CCCCC3)C(C)(C)C2)n1)C1CC(C)(C)N(OC2CCCCC2)C(C)(C)C1.Cc1nc(NC(C)(C)CC(C)(C)C)nc(N(CCCCCCN(C)C2CC(C)(C)NC(C)(C)C2)C2CC(C)(C)NC(C)(C)C2)n1. The van der Waals surface area contributed by atoms with Gasteiger partial charge in [-0.05, 0) is 260 Å². The highest BCUT2D eigenvalue weighted by Crippen LogP contribution is 2.46. The summed E-state index contributed by atoms with van der Waals surface area (Å²) in [4.78, 5) is 54.4. The van der Waals surface area contributed by atoms with Crippen molar-refractivity contribution in [3.8, 4) is 0 Å². The van der Waals surface area contributed by atoms with Crippen LogP contribution in [0, 0.1) is 12.3 Å². The highest BCUT2D eigenvalue weighted by atomic mass is 16.7. The molecule has 6 heterocycles. The molecule has 0 aromatic carbocycles. The molecule has 0 unspecified atom stereocenters. The summed E-state index contributed by atoms with van der Waals surface area (Å²) in [6.07, 6.45) is 31.5. The highest BCUT2D eigenvalue weighted by Gasteiger charge is 2.52. The van der Waals surface area contributed by atoms with Crippen LogP contribution >= 0.6 is 0 Å². The van der Waals surface area contributed by atoms with E-state index in [2.05, 4.69) is 217 Å². The van der Waals surface area contributed by atoms with E-state index >= 15 is 0 Å². The number of aryl methyl sites for hydroxylation is 1. The fourth-order valence-corrected chi connectivity index (χ4v) is 19.5. The average molecular weight is 1390 g/mol. The second kappa shape index (κ2) is 34.3. The van der Waals surface area contributed by atoms with Crippen molar-refractivity contribution < 1.29 is 14.8 Å². The quantitative estimate of drug-likeness (QED) is 0.0465. The Kier molecular flexibility index (Phi) is 28.7. The van der Waals surface area contributed by atoms with E-state index < -0.39 is 0 Å². The number of nitrogens with zero attached hydrogens (tertiary/aromatic N) is 12. The molecule has 0 spiro atoms. The minimum absolute atomic E-state index is 0.0130. The number of aromatic nitrogens is 6. The summed E-state index contributed by atoms with van der Waals surface area (Å²) in [7, 11) is 2.34. The zero-order chi connectivity index (χ0) is 73.2. The minimum atomic E-state index is -0.167. The third-order valence-corrected chi connectivity index (χ3v) is 22.1. The molecule has 0 bridgehead atoms. The maximum Gasteiger partial charge on any atom is 0.232 e. The summed E-state index contributed by atoms with van der Waals surface area (Å²) >= 11 is 0. The predicted molar refractivity (Wildman–Crippen MR) is 415 cm³/mol. The number of hydroxylamine groups is 4. The van der Waals surface area contributed by atoms with Crippen molar-refractivity contribution in [2.75, 3.05) is 71.7 Å². The third kappa shape index (κ3) is 24.9. The van der Waals surface area contributed by atoms with Crippen molar-refractivity contribution in [3.63, 3.8) is 0 Å². The Balaban J connectivity index is 0.000000283. The minimum Gasteiger partial charge on any atom is -0.395 e. The van der Waals surface area contributed by atoms with Crippen molar-refractivity contribution in [3.05, 3.63) is 5.82 Å². The molecule has 2 aromatic heterocycles. The Hall–Kier alpha value is -3.30. The van der Waals surface area contributed by atoms with Crippen LogP contribution in [0.25, 0.3) is 0 Å². The largest absolute Gasteiger partial charge is 0.395 e. The summed E-state index contributed by atoms with van der Waals surface area (Å²) in [5, 5.41) is 29.3. The molecule has 8 rings (SSSR count). The van der Waals surface area contributed by atoms with E-state index in [0.29, 0.717) is 42.7 Å². The van der Waals surface area contributed by atoms with Crippen LogP contribution in [-0.4, -0.2) is 183 Å². The first-order valence-corrected chi connectivity index (χ1v) is 40.1. The van der Waals surface area contributed by atoms with Gasteiger partial charge in [-0.1, -0.05) is 98.8 Å². The Morgan fingerprint density at radius 3 is 1.22 bits per heavy atom. The van der Waals surface area contributed by atoms with Crippen LogP contribution in [0.5, 0.6) is 0 Å². The lowest BCUT2D eigenvalue weighted by molar-refractivity contribution is -0.310. The van der Waals surface area contributed by atoms with Gasteiger partial charge in [0.2, 0.25) is 29.7 Å². The van der Waals surface area contributed by atoms with Gasteiger partial charge in [-0.25, -0.2) is 0 Å². The summed E-state index contributed by atoms with van der Waals surface area (Å²) in [5.41, 5.74) is -0.120. The van der Waals surface area contributed by atoms with Gasteiger partial charge in [0.15, 0.2) is 0 Å². The van der Waals surface area contributed by atoms with Crippen molar-refractivity contribution >= 4 is 29.7 Å². The molecule has 2 aromatic rings. The number of aliphatic hydroxyl groups is 1. The van der Waals surface area contributed by atoms with Gasteiger partial charge in [0.05, 0.1) is 18.8 Å². The standard InChI is InChI=1S/C43H80N8O3.C37H72N8/c1-11-13-26-48(33-29-40(3,4)50(41(5,6)30-33)53-35-21-17-15-18-22-35)38-45-37(44-25-28-52)46-39(47-38)49(27-14-12-2)34-31-42(7,8)51(43(9,10)32-34)54-36-23-19-16-20-24-36;1-27-38-30(41-37(13,14)26-32(2,3)4)40-31(39-27)45(29-24-35(9,10)43-36(11,12)25-29)21-19-17-16-18-20-44(15)28-22-33(5,6)42-34(7,8)23-28/h33-36,52H,11-32H2,1-10H3,(H,44,45,46,47);28-29,42-43H,16-26H2,1-15H3,(H,38,39,40,41). The van der Waals surface area contributed by atoms with Gasteiger partial charge in [-0.3, -0.25) is 9.68 Å². The molecule has 0 radical (unpaired) electrons. The Morgan fingerprint density at radius 1 is 0.465 bits per heavy atom. The molecule has 2 aliphatic carbocycles. The number of unbranched alkanes of at least 4 members (excludes halogenated alkanes) is 5.